The fourth-order valence-corrected chi connectivity index (χ4v) is 4.30. The van der Waals surface area contributed by atoms with Crippen LogP contribution in [0, 0.1) is 5.92 Å². The van der Waals surface area contributed by atoms with E-state index < -0.39 is 10.0 Å². The van der Waals surface area contributed by atoms with Crippen molar-refractivity contribution in [1.29, 1.82) is 0 Å². The van der Waals surface area contributed by atoms with Gasteiger partial charge in [0.25, 0.3) is 0 Å². The predicted octanol–water partition coefficient (Wildman–Crippen LogP) is 2.93. The molecule has 0 amide bonds. The Labute approximate surface area is 147 Å². The number of anilines is 1. The van der Waals surface area contributed by atoms with Crippen LogP contribution < -0.4 is 9.62 Å². The van der Waals surface area contributed by atoms with E-state index in [9.17, 15) is 8.42 Å². The topological polar surface area (TPSA) is 62.3 Å². The van der Waals surface area contributed by atoms with E-state index in [0.717, 1.165) is 31.6 Å². The monoisotopic (exact) mass is 365 g/mol. The molecule has 24 heavy (non-hydrogen) atoms. The maximum absolute atomic E-state index is 12.3. The molecular formula is C17H20ClN3O2S. The van der Waals surface area contributed by atoms with Gasteiger partial charge in [0.15, 0.2) is 0 Å². The highest BCUT2D eigenvalue weighted by atomic mass is 35.5. The van der Waals surface area contributed by atoms with Crippen LogP contribution in [0.2, 0.25) is 5.02 Å². The predicted molar refractivity (Wildman–Crippen MR) is 95.8 cm³/mol. The first kappa shape index (κ1) is 17.2. The van der Waals surface area contributed by atoms with Gasteiger partial charge in [-0.1, -0.05) is 17.7 Å². The van der Waals surface area contributed by atoms with Gasteiger partial charge < -0.3 is 4.90 Å². The zero-order valence-electron chi connectivity index (χ0n) is 13.2. The van der Waals surface area contributed by atoms with Crippen LogP contribution in [0.15, 0.2) is 53.7 Å². The largest absolute Gasteiger partial charge is 0.370 e. The van der Waals surface area contributed by atoms with E-state index >= 15 is 0 Å². The summed E-state index contributed by atoms with van der Waals surface area (Å²) in [5.74, 6) is 0.340. The summed E-state index contributed by atoms with van der Waals surface area (Å²) in [5.41, 5.74) is 1.12. The Bertz CT molecular complexity index is 775. The summed E-state index contributed by atoms with van der Waals surface area (Å²) in [4.78, 5) is 6.64. The number of nitrogens with zero attached hydrogens (tertiary/aromatic N) is 2. The molecule has 128 valence electrons. The van der Waals surface area contributed by atoms with Crippen LogP contribution in [0.3, 0.4) is 0 Å². The number of hydrogen-bond donors (Lipinski definition) is 1. The Morgan fingerprint density at radius 1 is 1.21 bits per heavy atom. The molecule has 0 aliphatic carbocycles. The van der Waals surface area contributed by atoms with Gasteiger partial charge in [-0.05, 0) is 49.1 Å². The second-order valence-corrected chi connectivity index (χ2v) is 8.15. The lowest BCUT2D eigenvalue weighted by Crippen LogP contribution is -2.38. The van der Waals surface area contributed by atoms with Crippen molar-refractivity contribution in [1.82, 2.24) is 9.71 Å². The lowest BCUT2D eigenvalue weighted by atomic mass is 9.97. The summed E-state index contributed by atoms with van der Waals surface area (Å²) in [6.45, 7) is 2.28. The van der Waals surface area contributed by atoms with Crippen LogP contribution in [0.4, 0.5) is 5.69 Å². The SMILES string of the molecule is O=S(=O)(NCC1CCN(c2cccnc2)CC1)c1cccc(Cl)c1. The summed E-state index contributed by atoms with van der Waals surface area (Å²) in [7, 11) is -3.51. The number of nitrogens with one attached hydrogen (secondary N) is 1. The van der Waals surface area contributed by atoms with Crippen molar-refractivity contribution >= 4 is 27.3 Å². The zero-order valence-corrected chi connectivity index (χ0v) is 14.8. The maximum atomic E-state index is 12.3. The third kappa shape index (κ3) is 4.26. The van der Waals surface area contributed by atoms with Crippen LogP contribution in [0.5, 0.6) is 0 Å². The van der Waals surface area contributed by atoms with Crippen LogP contribution in [-0.2, 0) is 10.0 Å². The number of sulfonamides is 1. The van der Waals surface area contributed by atoms with E-state index in [0.29, 0.717) is 17.5 Å². The normalized spacial score (nSPS) is 16.3. The Hall–Kier alpha value is -1.63. The summed E-state index contributed by atoms with van der Waals surface area (Å²) in [6.07, 6.45) is 5.53. The van der Waals surface area contributed by atoms with Gasteiger partial charge >= 0.3 is 0 Å². The Balaban J connectivity index is 1.53. The average molecular weight is 366 g/mol. The first-order chi connectivity index (χ1) is 11.5. The molecule has 0 unspecified atom stereocenters. The molecule has 1 aliphatic heterocycles. The molecule has 0 saturated carbocycles. The van der Waals surface area contributed by atoms with Gasteiger partial charge in [-0.2, -0.15) is 0 Å². The molecular weight excluding hydrogens is 346 g/mol. The standard InChI is InChI=1S/C17H20ClN3O2S/c18-15-3-1-5-17(11-15)24(22,23)20-12-14-6-9-21(10-7-14)16-4-2-8-19-13-16/h1-5,8,11,13-14,20H,6-7,9-10,12H2. The van der Waals surface area contributed by atoms with Gasteiger partial charge in [0, 0.05) is 30.9 Å². The van der Waals surface area contributed by atoms with E-state index in [1.54, 1.807) is 24.4 Å². The molecule has 0 bridgehead atoms. The summed E-state index contributed by atoms with van der Waals surface area (Å²) < 4.78 is 27.4. The van der Waals surface area contributed by atoms with E-state index in [2.05, 4.69) is 20.7 Å². The van der Waals surface area contributed by atoms with Crippen molar-refractivity contribution in [3.63, 3.8) is 0 Å². The molecule has 2 aromatic rings. The molecule has 2 heterocycles. The van der Waals surface area contributed by atoms with Gasteiger partial charge in [0.05, 0.1) is 16.8 Å². The highest BCUT2D eigenvalue weighted by molar-refractivity contribution is 7.89. The molecule has 1 N–H and O–H groups in total. The smallest absolute Gasteiger partial charge is 0.240 e. The minimum Gasteiger partial charge on any atom is -0.370 e. The number of pyridine rings is 1. The van der Waals surface area contributed by atoms with Gasteiger partial charge in [-0.3, -0.25) is 4.98 Å². The Kier molecular flexibility index (Phi) is 5.38. The van der Waals surface area contributed by atoms with E-state index in [-0.39, 0.29) is 4.90 Å². The molecule has 1 aromatic carbocycles. The lowest BCUT2D eigenvalue weighted by Gasteiger charge is -2.33. The third-order valence-corrected chi connectivity index (χ3v) is 5.95. The first-order valence-electron chi connectivity index (χ1n) is 7.95. The minimum atomic E-state index is -3.51. The molecule has 1 aromatic heterocycles. The second kappa shape index (κ2) is 7.51. The molecule has 0 radical (unpaired) electrons. The van der Waals surface area contributed by atoms with Gasteiger partial charge in [0.1, 0.15) is 0 Å². The summed E-state index contributed by atoms with van der Waals surface area (Å²) >= 11 is 5.87. The summed E-state index contributed by atoms with van der Waals surface area (Å²) in [6, 6.07) is 10.3. The van der Waals surface area contributed by atoms with E-state index in [1.807, 2.05) is 12.3 Å². The van der Waals surface area contributed by atoms with Crippen molar-refractivity contribution < 1.29 is 8.42 Å². The summed E-state index contributed by atoms with van der Waals surface area (Å²) in [5, 5.41) is 0.419. The minimum absolute atomic E-state index is 0.211. The maximum Gasteiger partial charge on any atom is 0.240 e. The van der Waals surface area contributed by atoms with Gasteiger partial charge in [-0.15, -0.1) is 0 Å². The molecule has 1 saturated heterocycles. The number of piperidine rings is 1. The molecule has 0 atom stereocenters. The zero-order chi connectivity index (χ0) is 17.0. The first-order valence-corrected chi connectivity index (χ1v) is 9.81. The van der Waals surface area contributed by atoms with Crippen molar-refractivity contribution in [2.24, 2.45) is 5.92 Å². The van der Waals surface area contributed by atoms with E-state index in [4.69, 9.17) is 11.6 Å². The highest BCUT2D eigenvalue weighted by Gasteiger charge is 2.22. The highest BCUT2D eigenvalue weighted by Crippen LogP contribution is 2.22. The molecule has 0 spiro atoms. The Morgan fingerprint density at radius 2 is 2.00 bits per heavy atom. The average Bonchev–Trinajstić information content (AvgIpc) is 2.61. The van der Waals surface area contributed by atoms with Gasteiger partial charge in [0.2, 0.25) is 10.0 Å². The van der Waals surface area contributed by atoms with Crippen molar-refractivity contribution in [3.05, 3.63) is 53.8 Å². The lowest BCUT2D eigenvalue weighted by molar-refractivity contribution is 0.402. The van der Waals surface area contributed by atoms with Crippen molar-refractivity contribution in [3.8, 4) is 0 Å². The molecule has 7 heteroatoms. The van der Waals surface area contributed by atoms with Crippen LogP contribution >= 0.6 is 11.6 Å². The van der Waals surface area contributed by atoms with Crippen molar-refractivity contribution in [2.75, 3.05) is 24.5 Å². The van der Waals surface area contributed by atoms with Gasteiger partial charge in [-0.25, -0.2) is 13.1 Å². The molecule has 1 fully saturated rings. The molecule has 1 aliphatic rings. The molecule has 5 nitrogen and oxygen atoms in total. The third-order valence-electron chi connectivity index (χ3n) is 4.29. The number of benzene rings is 1. The number of halogens is 1. The number of aromatic nitrogens is 1. The van der Waals surface area contributed by atoms with Crippen LogP contribution in [0.25, 0.3) is 0 Å². The van der Waals surface area contributed by atoms with Crippen molar-refractivity contribution in [2.45, 2.75) is 17.7 Å². The fraction of sp³-hybridized carbons (Fsp3) is 0.353. The second-order valence-electron chi connectivity index (χ2n) is 5.95. The van der Waals surface area contributed by atoms with E-state index in [1.165, 1.54) is 6.07 Å². The number of rotatable bonds is 5. The Morgan fingerprint density at radius 3 is 2.67 bits per heavy atom. The fourth-order valence-electron chi connectivity index (χ4n) is 2.88. The van der Waals surface area contributed by atoms with Crippen LogP contribution in [-0.4, -0.2) is 33.0 Å². The van der Waals surface area contributed by atoms with Crippen LogP contribution in [0.1, 0.15) is 12.8 Å². The number of hydrogen-bond acceptors (Lipinski definition) is 4. The molecule has 3 rings (SSSR count). The quantitative estimate of drug-likeness (QED) is 0.884.